The van der Waals surface area contributed by atoms with Gasteiger partial charge < -0.3 is 10.6 Å². The maximum atomic E-state index is 11.1. The van der Waals surface area contributed by atoms with Gasteiger partial charge in [0.2, 0.25) is 5.91 Å². The molecule has 0 bridgehead atoms. The van der Waals surface area contributed by atoms with Gasteiger partial charge in [0.15, 0.2) is 0 Å². The molecule has 7 heteroatoms. The van der Waals surface area contributed by atoms with Gasteiger partial charge >= 0.3 is 0 Å². The summed E-state index contributed by atoms with van der Waals surface area (Å²) in [5.74, 6) is -0.505. The number of hydrogen-bond donors (Lipinski definition) is 1. The Morgan fingerprint density at radius 3 is 2.60 bits per heavy atom. The van der Waals surface area contributed by atoms with Crippen molar-refractivity contribution in [2.45, 2.75) is 12.8 Å². The molecule has 7 nitrogen and oxygen atoms in total. The van der Waals surface area contributed by atoms with Crippen LogP contribution in [0.5, 0.6) is 0 Å². The smallest absolute Gasteiger partial charge is 0.292 e. The van der Waals surface area contributed by atoms with Crippen LogP contribution in [0.2, 0.25) is 0 Å². The Morgan fingerprint density at radius 1 is 1.45 bits per heavy atom. The summed E-state index contributed by atoms with van der Waals surface area (Å²) in [5, 5.41) is 20.0. The van der Waals surface area contributed by atoms with Gasteiger partial charge in [0.05, 0.1) is 16.6 Å². The number of benzene rings is 1. The molecule has 1 amide bonds. The molecular weight excluding hydrogens is 260 g/mol. The number of nitrogens with zero attached hydrogens (tertiary/aromatic N) is 3. The molecule has 0 atom stereocenters. The second-order valence-corrected chi connectivity index (χ2v) is 4.74. The van der Waals surface area contributed by atoms with Gasteiger partial charge in [-0.1, -0.05) is 0 Å². The number of primary amides is 1. The van der Waals surface area contributed by atoms with Crippen molar-refractivity contribution in [2.75, 3.05) is 18.0 Å². The lowest BCUT2D eigenvalue weighted by molar-refractivity contribution is -0.384. The molecule has 104 valence electrons. The van der Waals surface area contributed by atoms with E-state index in [9.17, 15) is 14.9 Å². The first-order valence-corrected chi connectivity index (χ1v) is 6.25. The number of nitrogens with two attached hydrogens (primary N) is 1. The number of anilines is 1. The first kappa shape index (κ1) is 13.8. The van der Waals surface area contributed by atoms with Crippen LogP contribution in [0.15, 0.2) is 18.2 Å². The summed E-state index contributed by atoms with van der Waals surface area (Å²) in [5.41, 5.74) is 6.05. The van der Waals surface area contributed by atoms with Crippen molar-refractivity contribution in [3.05, 3.63) is 33.9 Å². The summed E-state index contributed by atoms with van der Waals surface area (Å²) in [4.78, 5) is 23.6. The van der Waals surface area contributed by atoms with E-state index in [1.165, 1.54) is 18.2 Å². The fourth-order valence-corrected chi connectivity index (χ4v) is 2.41. The van der Waals surface area contributed by atoms with Crippen LogP contribution in [0.3, 0.4) is 0 Å². The quantitative estimate of drug-likeness (QED) is 0.656. The monoisotopic (exact) mass is 274 g/mol. The number of nitro benzene ring substituents is 1. The molecule has 1 aliphatic rings. The van der Waals surface area contributed by atoms with E-state index in [4.69, 9.17) is 11.0 Å². The van der Waals surface area contributed by atoms with Crippen LogP contribution < -0.4 is 10.6 Å². The molecule has 2 rings (SSSR count). The van der Waals surface area contributed by atoms with Crippen LogP contribution in [-0.2, 0) is 4.79 Å². The Labute approximate surface area is 115 Å². The zero-order chi connectivity index (χ0) is 14.7. The van der Waals surface area contributed by atoms with Crippen molar-refractivity contribution in [3.63, 3.8) is 0 Å². The molecule has 0 radical (unpaired) electrons. The Kier molecular flexibility index (Phi) is 3.84. The molecule has 1 heterocycles. The van der Waals surface area contributed by atoms with Gasteiger partial charge in [-0.05, 0) is 25.0 Å². The highest BCUT2D eigenvalue weighted by Crippen LogP contribution is 2.32. The van der Waals surface area contributed by atoms with E-state index in [-0.39, 0.29) is 17.5 Å². The van der Waals surface area contributed by atoms with Crippen molar-refractivity contribution in [2.24, 2.45) is 11.7 Å². The number of amides is 1. The number of carbonyl (C=O) groups is 1. The summed E-state index contributed by atoms with van der Waals surface area (Å²) in [6.07, 6.45) is 1.15. The molecule has 0 saturated carbocycles. The van der Waals surface area contributed by atoms with Crippen molar-refractivity contribution in [1.82, 2.24) is 0 Å². The minimum Gasteiger partial charge on any atom is -0.369 e. The van der Waals surface area contributed by atoms with Gasteiger partial charge in [-0.2, -0.15) is 5.26 Å². The van der Waals surface area contributed by atoms with Gasteiger partial charge in [0.25, 0.3) is 5.69 Å². The van der Waals surface area contributed by atoms with Gasteiger partial charge in [-0.25, -0.2) is 0 Å². The zero-order valence-corrected chi connectivity index (χ0v) is 10.8. The van der Waals surface area contributed by atoms with E-state index in [1.807, 2.05) is 11.0 Å². The topological polar surface area (TPSA) is 113 Å². The van der Waals surface area contributed by atoms with Crippen LogP contribution in [-0.4, -0.2) is 23.9 Å². The van der Waals surface area contributed by atoms with Crippen molar-refractivity contribution in [1.29, 1.82) is 5.26 Å². The molecule has 20 heavy (non-hydrogen) atoms. The third kappa shape index (κ3) is 2.69. The molecule has 0 unspecified atom stereocenters. The van der Waals surface area contributed by atoms with Crippen LogP contribution >= 0.6 is 0 Å². The largest absolute Gasteiger partial charge is 0.369 e. The van der Waals surface area contributed by atoms with E-state index in [2.05, 4.69) is 0 Å². The highest BCUT2D eigenvalue weighted by Gasteiger charge is 2.27. The molecule has 0 aromatic heterocycles. The number of rotatable bonds is 3. The maximum Gasteiger partial charge on any atom is 0.292 e. The molecule has 1 aromatic rings. The summed E-state index contributed by atoms with van der Waals surface area (Å²) in [6, 6.07) is 6.26. The van der Waals surface area contributed by atoms with Crippen molar-refractivity contribution < 1.29 is 9.72 Å². The standard InChI is InChI=1S/C13H14N4O3/c14-8-9-1-2-11(17(19)20)12(7-9)16-5-3-10(4-6-16)13(15)18/h1-2,7,10H,3-6H2,(H2,15,18). The Bertz CT molecular complexity index is 586. The normalized spacial score (nSPS) is 15.7. The van der Waals surface area contributed by atoms with Gasteiger partial charge in [0.1, 0.15) is 5.69 Å². The molecule has 1 saturated heterocycles. The fourth-order valence-electron chi connectivity index (χ4n) is 2.41. The van der Waals surface area contributed by atoms with Gasteiger partial charge in [-0.3, -0.25) is 14.9 Å². The second kappa shape index (κ2) is 5.57. The number of piperidine rings is 1. The van der Waals surface area contributed by atoms with Gasteiger partial charge in [0, 0.05) is 25.1 Å². The summed E-state index contributed by atoms with van der Waals surface area (Å²) >= 11 is 0. The lowest BCUT2D eigenvalue weighted by Crippen LogP contribution is -2.38. The maximum absolute atomic E-state index is 11.1. The molecule has 1 aliphatic heterocycles. The Balaban J connectivity index is 2.26. The average Bonchev–Trinajstić information content (AvgIpc) is 2.46. The zero-order valence-electron chi connectivity index (χ0n) is 10.8. The van der Waals surface area contributed by atoms with Crippen molar-refractivity contribution >= 4 is 17.3 Å². The SMILES string of the molecule is N#Cc1ccc([N+](=O)[O-])c(N2CCC(C(N)=O)CC2)c1. The van der Waals surface area contributed by atoms with Crippen LogP contribution in [0.4, 0.5) is 11.4 Å². The second-order valence-electron chi connectivity index (χ2n) is 4.74. The lowest BCUT2D eigenvalue weighted by Gasteiger charge is -2.32. The number of nitro groups is 1. The van der Waals surface area contributed by atoms with E-state index in [1.54, 1.807) is 0 Å². The third-order valence-electron chi connectivity index (χ3n) is 3.54. The number of carbonyl (C=O) groups excluding carboxylic acids is 1. The molecule has 0 spiro atoms. The fraction of sp³-hybridized carbons (Fsp3) is 0.385. The summed E-state index contributed by atoms with van der Waals surface area (Å²) < 4.78 is 0. The number of nitriles is 1. The molecule has 1 fully saturated rings. The van der Waals surface area contributed by atoms with Crippen LogP contribution in [0.1, 0.15) is 18.4 Å². The van der Waals surface area contributed by atoms with Crippen molar-refractivity contribution in [3.8, 4) is 6.07 Å². The highest BCUT2D eigenvalue weighted by molar-refractivity contribution is 5.77. The highest BCUT2D eigenvalue weighted by atomic mass is 16.6. The predicted octanol–water partition coefficient (Wildman–Crippen LogP) is 1.17. The van der Waals surface area contributed by atoms with E-state index >= 15 is 0 Å². The lowest BCUT2D eigenvalue weighted by atomic mass is 9.95. The summed E-state index contributed by atoms with van der Waals surface area (Å²) in [7, 11) is 0. The first-order valence-electron chi connectivity index (χ1n) is 6.25. The predicted molar refractivity (Wildman–Crippen MR) is 71.9 cm³/mol. The first-order chi connectivity index (χ1) is 9.52. The molecule has 2 N–H and O–H groups in total. The van der Waals surface area contributed by atoms with E-state index in [0.717, 1.165) is 0 Å². The van der Waals surface area contributed by atoms with E-state index < -0.39 is 4.92 Å². The van der Waals surface area contributed by atoms with E-state index in [0.29, 0.717) is 37.2 Å². The minimum atomic E-state index is -0.462. The Hall–Kier alpha value is -2.62. The summed E-state index contributed by atoms with van der Waals surface area (Å²) in [6.45, 7) is 1.03. The van der Waals surface area contributed by atoms with Crippen LogP contribution in [0, 0.1) is 27.4 Å². The van der Waals surface area contributed by atoms with Crippen LogP contribution in [0.25, 0.3) is 0 Å². The number of hydrogen-bond acceptors (Lipinski definition) is 5. The molecular formula is C13H14N4O3. The third-order valence-corrected chi connectivity index (χ3v) is 3.54. The molecule has 1 aromatic carbocycles. The molecule has 0 aliphatic carbocycles. The van der Waals surface area contributed by atoms with Gasteiger partial charge in [-0.15, -0.1) is 0 Å². The Morgan fingerprint density at radius 2 is 2.10 bits per heavy atom. The average molecular weight is 274 g/mol. The minimum absolute atomic E-state index is 0.0264.